The Morgan fingerprint density at radius 2 is 2.06 bits per heavy atom. The topological polar surface area (TPSA) is 42.2 Å². The van der Waals surface area contributed by atoms with Gasteiger partial charge < -0.3 is 10.6 Å². The molecule has 0 saturated carbocycles. The van der Waals surface area contributed by atoms with Crippen molar-refractivity contribution in [3.8, 4) is 0 Å². The van der Waals surface area contributed by atoms with Crippen LogP contribution in [0.4, 0.5) is 21.6 Å². The standard InChI is InChI=1S/C13H14FN3/c1-9-6-13(16-8-12(9)15)17(2)11-5-3-4-10(14)7-11/h3-8H,15H2,1-2H3. The van der Waals surface area contributed by atoms with Crippen molar-refractivity contribution in [3.05, 3.63) is 47.9 Å². The zero-order valence-electron chi connectivity index (χ0n) is 9.81. The van der Waals surface area contributed by atoms with Gasteiger partial charge in [-0.15, -0.1) is 0 Å². The molecule has 88 valence electrons. The molecule has 0 aliphatic rings. The predicted molar refractivity (Wildman–Crippen MR) is 67.8 cm³/mol. The van der Waals surface area contributed by atoms with Crippen LogP contribution in [0.5, 0.6) is 0 Å². The van der Waals surface area contributed by atoms with Crippen LogP contribution in [0.15, 0.2) is 36.5 Å². The number of halogens is 1. The van der Waals surface area contributed by atoms with Crippen molar-refractivity contribution in [2.75, 3.05) is 17.7 Å². The molecule has 3 nitrogen and oxygen atoms in total. The molecule has 1 heterocycles. The average molecular weight is 231 g/mol. The summed E-state index contributed by atoms with van der Waals surface area (Å²) < 4.78 is 13.1. The largest absolute Gasteiger partial charge is 0.397 e. The molecule has 1 aromatic carbocycles. The Balaban J connectivity index is 2.36. The third-order valence-corrected chi connectivity index (χ3v) is 2.68. The number of aryl methyl sites for hydroxylation is 1. The molecule has 0 aliphatic heterocycles. The van der Waals surface area contributed by atoms with E-state index >= 15 is 0 Å². The van der Waals surface area contributed by atoms with Crippen LogP contribution in [0.3, 0.4) is 0 Å². The quantitative estimate of drug-likeness (QED) is 0.864. The number of rotatable bonds is 2. The number of hydrogen-bond acceptors (Lipinski definition) is 3. The zero-order chi connectivity index (χ0) is 12.4. The van der Waals surface area contributed by atoms with E-state index in [1.807, 2.05) is 31.0 Å². The van der Waals surface area contributed by atoms with Crippen LogP contribution >= 0.6 is 0 Å². The molecule has 0 atom stereocenters. The lowest BCUT2D eigenvalue weighted by Crippen LogP contribution is -2.11. The summed E-state index contributed by atoms with van der Waals surface area (Å²) in [4.78, 5) is 6.04. The van der Waals surface area contributed by atoms with Gasteiger partial charge in [0, 0.05) is 12.7 Å². The summed E-state index contributed by atoms with van der Waals surface area (Å²) in [6.07, 6.45) is 1.61. The highest BCUT2D eigenvalue weighted by Crippen LogP contribution is 2.24. The van der Waals surface area contributed by atoms with Crippen LogP contribution in [-0.4, -0.2) is 12.0 Å². The third kappa shape index (κ3) is 2.36. The van der Waals surface area contributed by atoms with E-state index in [0.29, 0.717) is 5.69 Å². The van der Waals surface area contributed by atoms with Gasteiger partial charge in [0.05, 0.1) is 11.9 Å². The summed E-state index contributed by atoms with van der Waals surface area (Å²) >= 11 is 0. The fourth-order valence-corrected chi connectivity index (χ4v) is 1.55. The Morgan fingerprint density at radius 3 is 2.71 bits per heavy atom. The fourth-order valence-electron chi connectivity index (χ4n) is 1.55. The summed E-state index contributed by atoms with van der Waals surface area (Å²) in [5, 5.41) is 0. The van der Waals surface area contributed by atoms with Gasteiger partial charge in [0.2, 0.25) is 0 Å². The molecule has 0 radical (unpaired) electrons. The molecule has 4 heteroatoms. The molecule has 0 spiro atoms. The van der Waals surface area contributed by atoms with Crippen LogP contribution in [0.2, 0.25) is 0 Å². The molecule has 0 unspecified atom stereocenters. The van der Waals surface area contributed by atoms with E-state index in [1.54, 1.807) is 12.3 Å². The second-order valence-corrected chi connectivity index (χ2v) is 3.94. The van der Waals surface area contributed by atoms with Crippen molar-refractivity contribution < 1.29 is 4.39 Å². The number of nitrogens with zero attached hydrogens (tertiary/aromatic N) is 2. The van der Waals surface area contributed by atoms with E-state index in [-0.39, 0.29) is 5.82 Å². The summed E-state index contributed by atoms with van der Waals surface area (Å²) in [5.41, 5.74) is 8.07. The predicted octanol–water partition coefficient (Wildman–Crippen LogP) is 2.88. The van der Waals surface area contributed by atoms with E-state index < -0.39 is 0 Å². The van der Waals surface area contributed by atoms with Gasteiger partial charge >= 0.3 is 0 Å². The second kappa shape index (κ2) is 4.41. The van der Waals surface area contributed by atoms with Gasteiger partial charge in [-0.05, 0) is 36.8 Å². The lowest BCUT2D eigenvalue weighted by molar-refractivity contribution is 0.628. The van der Waals surface area contributed by atoms with Gasteiger partial charge in [-0.1, -0.05) is 6.07 Å². The summed E-state index contributed by atoms with van der Waals surface area (Å²) in [5.74, 6) is 0.476. The number of hydrogen-bond donors (Lipinski definition) is 1. The van der Waals surface area contributed by atoms with E-state index in [0.717, 1.165) is 17.1 Å². The molecule has 2 aromatic rings. The molecule has 1 aromatic heterocycles. The van der Waals surface area contributed by atoms with E-state index in [4.69, 9.17) is 5.73 Å². The molecule has 2 rings (SSSR count). The normalized spacial score (nSPS) is 10.3. The van der Waals surface area contributed by atoms with Gasteiger partial charge in [0.25, 0.3) is 0 Å². The Hall–Kier alpha value is -2.10. The van der Waals surface area contributed by atoms with Crippen LogP contribution < -0.4 is 10.6 Å². The van der Waals surface area contributed by atoms with Crippen LogP contribution in [0, 0.1) is 12.7 Å². The minimum Gasteiger partial charge on any atom is -0.397 e. The SMILES string of the molecule is Cc1cc(N(C)c2cccc(F)c2)ncc1N. The van der Waals surface area contributed by atoms with Gasteiger partial charge in [-0.3, -0.25) is 0 Å². The molecule has 17 heavy (non-hydrogen) atoms. The zero-order valence-corrected chi connectivity index (χ0v) is 9.81. The van der Waals surface area contributed by atoms with Crippen LogP contribution in [0.1, 0.15) is 5.56 Å². The minimum atomic E-state index is -0.262. The third-order valence-electron chi connectivity index (χ3n) is 2.68. The maximum atomic E-state index is 13.1. The van der Waals surface area contributed by atoms with Crippen molar-refractivity contribution in [2.45, 2.75) is 6.92 Å². The van der Waals surface area contributed by atoms with Crippen LogP contribution in [-0.2, 0) is 0 Å². The summed E-state index contributed by atoms with van der Waals surface area (Å²) in [7, 11) is 1.84. The van der Waals surface area contributed by atoms with Crippen molar-refractivity contribution in [1.82, 2.24) is 4.98 Å². The first-order valence-corrected chi connectivity index (χ1v) is 5.29. The first-order chi connectivity index (χ1) is 8.08. The van der Waals surface area contributed by atoms with E-state index in [9.17, 15) is 4.39 Å². The van der Waals surface area contributed by atoms with Gasteiger partial charge in [0.15, 0.2) is 0 Å². The number of aromatic nitrogens is 1. The molecule has 2 N–H and O–H groups in total. The van der Waals surface area contributed by atoms with Gasteiger partial charge in [-0.2, -0.15) is 0 Å². The monoisotopic (exact) mass is 231 g/mol. The van der Waals surface area contributed by atoms with Crippen LogP contribution in [0.25, 0.3) is 0 Å². The summed E-state index contributed by atoms with van der Waals surface area (Å²) in [6.45, 7) is 1.92. The minimum absolute atomic E-state index is 0.262. The fraction of sp³-hybridized carbons (Fsp3) is 0.154. The maximum Gasteiger partial charge on any atom is 0.133 e. The number of nitrogens with two attached hydrogens (primary N) is 1. The molecular weight excluding hydrogens is 217 g/mol. The number of pyridine rings is 1. The number of nitrogen functional groups attached to an aromatic ring is 1. The maximum absolute atomic E-state index is 13.1. The molecule has 0 aliphatic carbocycles. The number of anilines is 3. The molecule has 0 bridgehead atoms. The summed E-state index contributed by atoms with van der Waals surface area (Å²) in [6, 6.07) is 8.26. The van der Waals surface area contributed by atoms with Crippen molar-refractivity contribution in [2.24, 2.45) is 0 Å². The van der Waals surface area contributed by atoms with Crippen molar-refractivity contribution >= 4 is 17.2 Å². The van der Waals surface area contributed by atoms with Crippen molar-refractivity contribution in [1.29, 1.82) is 0 Å². The van der Waals surface area contributed by atoms with E-state index in [2.05, 4.69) is 4.98 Å². The van der Waals surface area contributed by atoms with Gasteiger partial charge in [-0.25, -0.2) is 9.37 Å². The Kier molecular flexibility index (Phi) is 2.95. The smallest absolute Gasteiger partial charge is 0.133 e. The Bertz CT molecular complexity index is 540. The lowest BCUT2D eigenvalue weighted by atomic mass is 10.2. The highest BCUT2D eigenvalue weighted by atomic mass is 19.1. The second-order valence-electron chi connectivity index (χ2n) is 3.94. The Morgan fingerprint density at radius 1 is 1.29 bits per heavy atom. The molecule has 0 fully saturated rings. The Labute approximate surface area is 99.7 Å². The number of benzene rings is 1. The highest BCUT2D eigenvalue weighted by molar-refractivity contribution is 5.61. The van der Waals surface area contributed by atoms with Crippen molar-refractivity contribution in [3.63, 3.8) is 0 Å². The molecular formula is C13H14FN3. The van der Waals surface area contributed by atoms with Gasteiger partial charge in [0.1, 0.15) is 11.6 Å². The van der Waals surface area contributed by atoms with E-state index in [1.165, 1.54) is 12.1 Å². The average Bonchev–Trinajstić information content (AvgIpc) is 2.32. The highest BCUT2D eigenvalue weighted by Gasteiger charge is 2.07. The molecule has 0 amide bonds. The first kappa shape index (κ1) is 11.4. The first-order valence-electron chi connectivity index (χ1n) is 5.29. The lowest BCUT2D eigenvalue weighted by Gasteiger charge is -2.19. The molecule has 0 saturated heterocycles.